The Morgan fingerprint density at radius 3 is 2.51 bits per heavy atom. The number of hydrogen-bond donors (Lipinski definition) is 3. The number of halogens is 2. The van der Waals surface area contributed by atoms with Gasteiger partial charge in [0.15, 0.2) is 0 Å². The first-order valence-electron chi connectivity index (χ1n) is 12.4. The van der Waals surface area contributed by atoms with Gasteiger partial charge in [0.1, 0.15) is 17.5 Å². The fraction of sp³-hybridized carbons (Fsp3) is 0.393. The lowest BCUT2D eigenvalue weighted by molar-refractivity contribution is 0.0519. The summed E-state index contributed by atoms with van der Waals surface area (Å²) in [4.78, 5) is 8.84. The van der Waals surface area contributed by atoms with E-state index in [1.54, 1.807) is 35.2 Å². The fourth-order valence-electron chi connectivity index (χ4n) is 5.34. The molecule has 0 bridgehead atoms. The Morgan fingerprint density at radius 2 is 1.84 bits per heavy atom. The van der Waals surface area contributed by atoms with Crippen LogP contribution in [-0.4, -0.2) is 41.9 Å². The number of aliphatic hydroxyl groups is 2. The molecule has 1 saturated carbocycles. The van der Waals surface area contributed by atoms with Gasteiger partial charge in [-0.1, -0.05) is 6.92 Å². The summed E-state index contributed by atoms with van der Waals surface area (Å²) in [5.41, 5.74) is 7.60. The van der Waals surface area contributed by atoms with Crippen molar-refractivity contribution in [1.29, 1.82) is 0 Å². The predicted molar refractivity (Wildman–Crippen MR) is 136 cm³/mol. The number of benzene rings is 1. The van der Waals surface area contributed by atoms with Crippen molar-refractivity contribution in [3.63, 3.8) is 0 Å². The molecule has 37 heavy (non-hydrogen) atoms. The van der Waals surface area contributed by atoms with Crippen molar-refractivity contribution in [1.82, 2.24) is 19.6 Å². The number of rotatable bonds is 5. The van der Waals surface area contributed by atoms with E-state index in [9.17, 15) is 19.0 Å². The number of imidazole rings is 1. The van der Waals surface area contributed by atoms with Crippen LogP contribution in [0, 0.1) is 17.6 Å². The third kappa shape index (κ3) is 4.86. The average Bonchev–Trinajstić information content (AvgIpc) is 3.23. The minimum atomic E-state index is -1.38. The number of pyridine rings is 1. The molecule has 4 N–H and O–H groups in total. The molecule has 0 spiro atoms. The summed E-state index contributed by atoms with van der Waals surface area (Å²) in [6.07, 6.45) is 6.61. The molecule has 5 rings (SSSR count). The quantitative estimate of drug-likeness (QED) is 0.375. The second-order valence-electron chi connectivity index (χ2n) is 10.7. The third-order valence-corrected chi connectivity index (χ3v) is 7.42. The van der Waals surface area contributed by atoms with Gasteiger partial charge in [-0.05, 0) is 85.5 Å². The molecule has 0 unspecified atom stereocenters. The largest absolute Gasteiger partial charge is 0.391 e. The minimum absolute atomic E-state index is 0.0823. The van der Waals surface area contributed by atoms with Gasteiger partial charge in [0, 0.05) is 24.9 Å². The van der Waals surface area contributed by atoms with Crippen molar-refractivity contribution in [2.24, 2.45) is 11.7 Å². The SMILES string of the molecule is C[C@H]1C[C@@H](c2ccncc2Cc2ncc3ccc(-c4c(F)cc(C(C)(C)O)cc4F)nn23)C[C@@H](N)[C@H]1O. The van der Waals surface area contributed by atoms with Gasteiger partial charge < -0.3 is 15.9 Å². The maximum Gasteiger partial charge on any atom is 0.136 e. The van der Waals surface area contributed by atoms with Crippen LogP contribution >= 0.6 is 0 Å². The molecule has 4 aromatic rings. The topological polar surface area (TPSA) is 110 Å². The Morgan fingerprint density at radius 1 is 1.11 bits per heavy atom. The van der Waals surface area contributed by atoms with Crippen LogP contribution in [0.2, 0.25) is 0 Å². The number of nitrogens with zero attached hydrogens (tertiary/aromatic N) is 4. The lowest BCUT2D eigenvalue weighted by Gasteiger charge is -2.36. The van der Waals surface area contributed by atoms with E-state index in [1.165, 1.54) is 13.8 Å². The summed E-state index contributed by atoms with van der Waals surface area (Å²) < 4.78 is 31.6. The summed E-state index contributed by atoms with van der Waals surface area (Å²) in [6, 6.07) is 7.23. The maximum absolute atomic E-state index is 15.0. The van der Waals surface area contributed by atoms with Crippen LogP contribution < -0.4 is 5.73 Å². The highest BCUT2D eigenvalue weighted by atomic mass is 19.1. The summed E-state index contributed by atoms with van der Waals surface area (Å²) in [6.45, 7) is 4.95. The highest BCUT2D eigenvalue weighted by Crippen LogP contribution is 2.37. The van der Waals surface area contributed by atoms with Crippen LogP contribution in [0.25, 0.3) is 16.8 Å². The van der Waals surface area contributed by atoms with Crippen LogP contribution in [0.1, 0.15) is 62.0 Å². The molecule has 0 saturated heterocycles. The van der Waals surface area contributed by atoms with E-state index >= 15 is 0 Å². The Labute approximate surface area is 214 Å². The van der Waals surface area contributed by atoms with Gasteiger partial charge in [-0.15, -0.1) is 0 Å². The lowest BCUT2D eigenvalue weighted by atomic mass is 9.74. The molecule has 3 aromatic heterocycles. The van der Waals surface area contributed by atoms with E-state index in [1.807, 2.05) is 13.0 Å². The molecule has 9 heteroatoms. The van der Waals surface area contributed by atoms with Crippen molar-refractivity contribution < 1.29 is 19.0 Å². The molecular weight excluding hydrogens is 476 g/mol. The van der Waals surface area contributed by atoms with Gasteiger partial charge >= 0.3 is 0 Å². The van der Waals surface area contributed by atoms with Crippen molar-refractivity contribution in [3.05, 3.63) is 83.1 Å². The van der Waals surface area contributed by atoms with Crippen LogP contribution in [0.3, 0.4) is 0 Å². The van der Waals surface area contributed by atoms with E-state index in [-0.39, 0.29) is 34.7 Å². The van der Waals surface area contributed by atoms with E-state index in [0.29, 0.717) is 24.2 Å². The molecule has 0 amide bonds. The number of aromatic nitrogens is 4. The van der Waals surface area contributed by atoms with Crippen molar-refractivity contribution in [3.8, 4) is 11.3 Å². The first-order valence-corrected chi connectivity index (χ1v) is 12.4. The molecule has 1 aromatic carbocycles. The Hall–Kier alpha value is -3.27. The molecule has 4 atom stereocenters. The Balaban J connectivity index is 1.50. The number of fused-ring (bicyclic) bond motifs is 1. The number of nitrogens with two attached hydrogens (primary N) is 1. The number of hydrogen-bond acceptors (Lipinski definition) is 6. The van der Waals surface area contributed by atoms with E-state index in [0.717, 1.165) is 29.7 Å². The Kier molecular flexibility index (Phi) is 6.55. The van der Waals surface area contributed by atoms with Gasteiger partial charge in [-0.25, -0.2) is 18.3 Å². The molecule has 194 valence electrons. The van der Waals surface area contributed by atoms with Gasteiger partial charge in [-0.2, -0.15) is 5.10 Å². The highest BCUT2D eigenvalue weighted by Gasteiger charge is 2.34. The zero-order chi connectivity index (χ0) is 26.5. The molecule has 1 aliphatic rings. The van der Waals surface area contributed by atoms with Crippen molar-refractivity contribution >= 4 is 5.52 Å². The van der Waals surface area contributed by atoms with E-state index in [4.69, 9.17) is 5.73 Å². The normalized spacial score (nSPS) is 22.5. The third-order valence-electron chi connectivity index (χ3n) is 7.42. The molecule has 0 radical (unpaired) electrons. The fourth-order valence-corrected chi connectivity index (χ4v) is 5.34. The monoisotopic (exact) mass is 507 g/mol. The number of aliphatic hydroxyl groups excluding tert-OH is 1. The van der Waals surface area contributed by atoms with Crippen LogP contribution in [0.5, 0.6) is 0 Å². The summed E-state index contributed by atoms with van der Waals surface area (Å²) in [7, 11) is 0. The summed E-state index contributed by atoms with van der Waals surface area (Å²) >= 11 is 0. The van der Waals surface area contributed by atoms with Crippen LogP contribution in [-0.2, 0) is 12.0 Å². The molecule has 7 nitrogen and oxygen atoms in total. The standard InChI is InChI=1S/C28H31F2N5O2/c1-15-8-16(9-23(31)27(15)36)20-6-7-32-13-17(20)10-25-33-14-19-4-5-24(34-35(19)25)26-21(29)11-18(12-22(26)30)28(2,3)37/h4-7,11-16,23,27,36-37H,8-10,31H2,1-3H3/t15-,16+,23+,27-/m0/s1. The second kappa shape index (κ2) is 9.55. The molecule has 0 aliphatic heterocycles. The zero-order valence-corrected chi connectivity index (χ0v) is 21.1. The smallest absolute Gasteiger partial charge is 0.136 e. The average molecular weight is 508 g/mol. The zero-order valence-electron chi connectivity index (χ0n) is 21.1. The molecular formula is C28H31F2N5O2. The van der Waals surface area contributed by atoms with E-state index in [2.05, 4.69) is 15.1 Å². The van der Waals surface area contributed by atoms with Gasteiger partial charge in [0.05, 0.1) is 34.7 Å². The minimum Gasteiger partial charge on any atom is -0.391 e. The van der Waals surface area contributed by atoms with E-state index < -0.39 is 23.3 Å². The lowest BCUT2D eigenvalue weighted by Crippen LogP contribution is -2.44. The van der Waals surface area contributed by atoms with Crippen molar-refractivity contribution in [2.45, 2.75) is 63.7 Å². The highest BCUT2D eigenvalue weighted by molar-refractivity contribution is 5.63. The Bertz CT molecular complexity index is 1410. The molecule has 1 aliphatic carbocycles. The summed E-state index contributed by atoms with van der Waals surface area (Å²) in [5.74, 6) is -0.735. The van der Waals surface area contributed by atoms with Gasteiger partial charge in [-0.3, -0.25) is 4.98 Å². The van der Waals surface area contributed by atoms with Crippen LogP contribution in [0.15, 0.2) is 48.9 Å². The van der Waals surface area contributed by atoms with Crippen molar-refractivity contribution in [2.75, 3.05) is 0 Å². The predicted octanol–water partition coefficient (Wildman–Crippen LogP) is 4.09. The molecule has 3 heterocycles. The maximum atomic E-state index is 15.0. The van der Waals surface area contributed by atoms with Gasteiger partial charge in [0.25, 0.3) is 0 Å². The molecule has 1 fully saturated rings. The van der Waals surface area contributed by atoms with Gasteiger partial charge in [0.2, 0.25) is 0 Å². The first-order chi connectivity index (χ1) is 17.5. The summed E-state index contributed by atoms with van der Waals surface area (Å²) in [5, 5.41) is 25.0. The van der Waals surface area contributed by atoms with Crippen LogP contribution in [0.4, 0.5) is 8.78 Å². The first kappa shape index (κ1) is 25.4. The second-order valence-corrected chi connectivity index (χ2v) is 10.7.